The van der Waals surface area contributed by atoms with Crippen molar-refractivity contribution in [3.05, 3.63) is 23.8 Å². The van der Waals surface area contributed by atoms with Crippen LogP contribution < -0.4 is 10.1 Å². The van der Waals surface area contributed by atoms with E-state index in [9.17, 15) is 9.90 Å². The Kier molecular flexibility index (Phi) is 4.30. The van der Waals surface area contributed by atoms with Gasteiger partial charge in [0.2, 0.25) is 0 Å². The topological polar surface area (TPSA) is 58.6 Å². The van der Waals surface area contributed by atoms with Gasteiger partial charge in [0.05, 0.1) is 12.7 Å². The molecular formula is C15H21NO3. The molecular weight excluding hydrogens is 242 g/mol. The average Bonchev–Trinajstić information content (AvgIpc) is 2.82. The van der Waals surface area contributed by atoms with E-state index in [-0.39, 0.29) is 17.2 Å². The van der Waals surface area contributed by atoms with Gasteiger partial charge in [0, 0.05) is 6.54 Å². The number of hydrogen-bond acceptors (Lipinski definition) is 3. The molecule has 0 heterocycles. The lowest BCUT2D eigenvalue weighted by Gasteiger charge is -2.16. The molecule has 1 aromatic rings. The first-order valence-corrected chi connectivity index (χ1v) is 6.77. The van der Waals surface area contributed by atoms with E-state index in [2.05, 4.69) is 12.2 Å². The highest BCUT2D eigenvalue weighted by Crippen LogP contribution is 2.30. The third kappa shape index (κ3) is 3.19. The number of phenolic OH excluding ortho intramolecular Hbond substituents is 1. The summed E-state index contributed by atoms with van der Waals surface area (Å²) in [5.41, 5.74) is 0.269. The maximum Gasteiger partial charge on any atom is 0.255 e. The van der Waals surface area contributed by atoms with Gasteiger partial charge in [0.1, 0.15) is 11.5 Å². The second kappa shape index (κ2) is 5.95. The fourth-order valence-electron chi connectivity index (χ4n) is 2.67. The summed E-state index contributed by atoms with van der Waals surface area (Å²) < 4.78 is 5.06. The Bertz CT molecular complexity index is 459. The van der Waals surface area contributed by atoms with Gasteiger partial charge >= 0.3 is 0 Å². The van der Waals surface area contributed by atoms with Crippen LogP contribution in [0.25, 0.3) is 0 Å². The number of hydrogen-bond donors (Lipinski definition) is 2. The van der Waals surface area contributed by atoms with Gasteiger partial charge in [-0.15, -0.1) is 0 Å². The van der Waals surface area contributed by atoms with E-state index >= 15 is 0 Å². The van der Waals surface area contributed by atoms with Crippen LogP contribution in [0.15, 0.2) is 18.2 Å². The van der Waals surface area contributed by atoms with Crippen molar-refractivity contribution in [2.24, 2.45) is 11.8 Å². The monoisotopic (exact) mass is 263 g/mol. The van der Waals surface area contributed by atoms with Crippen molar-refractivity contribution in [2.45, 2.75) is 26.2 Å². The molecule has 1 saturated carbocycles. The lowest BCUT2D eigenvalue weighted by molar-refractivity contribution is 0.0941. The Morgan fingerprint density at radius 1 is 1.47 bits per heavy atom. The van der Waals surface area contributed by atoms with Crippen molar-refractivity contribution in [3.63, 3.8) is 0 Å². The number of rotatable bonds is 4. The number of amides is 1. The van der Waals surface area contributed by atoms with Crippen LogP contribution in [0.4, 0.5) is 0 Å². The molecule has 2 N–H and O–H groups in total. The predicted molar refractivity (Wildman–Crippen MR) is 73.5 cm³/mol. The molecule has 1 aliphatic carbocycles. The first-order chi connectivity index (χ1) is 9.11. The van der Waals surface area contributed by atoms with Crippen LogP contribution in [-0.4, -0.2) is 24.7 Å². The van der Waals surface area contributed by atoms with Gasteiger partial charge in [0.15, 0.2) is 0 Å². The van der Waals surface area contributed by atoms with Gasteiger partial charge < -0.3 is 15.2 Å². The molecule has 2 atom stereocenters. The third-order valence-corrected chi connectivity index (χ3v) is 4.01. The van der Waals surface area contributed by atoms with Crippen molar-refractivity contribution in [3.8, 4) is 11.5 Å². The van der Waals surface area contributed by atoms with Crippen LogP contribution in [0.3, 0.4) is 0 Å². The van der Waals surface area contributed by atoms with Crippen LogP contribution in [0.5, 0.6) is 11.5 Å². The average molecular weight is 263 g/mol. The zero-order chi connectivity index (χ0) is 13.8. The fourth-order valence-corrected chi connectivity index (χ4v) is 2.67. The predicted octanol–water partition coefficient (Wildman–Crippen LogP) is 2.57. The molecule has 1 amide bonds. The summed E-state index contributed by atoms with van der Waals surface area (Å²) in [4.78, 5) is 12.1. The summed E-state index contributed by atoms with van der Waals surface area (Å²) in [5.74, 6) is 1.53. The normalized spacial score (nSPS) is 22.2. The highest BCUT2D eigenvalue weighted by molar-refractivity contribution is 5.97. The zero-order valence-electron chi connectivity index (χ0n) is 11.5. The molecule has 2 rings (SSSR count). The second-order valence-corrected chi connectivity index (χ2v) is 5.26. The number of carbonyl (C=O) groups excluding carboxylic acids is 1. The van der Waals surface area contributed by atoms with Crippen molar-refractivity contribution in [1.82, 2.24) is 5.32 Å². The second-order valence-electron chi connectivity index (χ2n) is 5.26. The van der Waals surface area contributed by atoms with Crippen molar-refractivity contribution in [2.75, 3.05) is 13.7 Å². The van der Waals surface area contributed by atoms with Crippen LogP contribution in [0.2, 0.25) is 0 Å². The molecule has 0 aliphatic heterocycles. The molecule has 0 aromatic heterocycles. The summed E-state index contributed by atoms with van der Waals surface area (Å²) >= 11 is 0. The first-order valence-electron chi connectivity index (χ1n) is 6.77. The highest BCUT2D eigenvalue weighted by Gasteiger charge is 2.24. The quantitative estimate of drug-likeness (QED) is 0.877. The Labute approximate surface area is 113 Å². The minimum Gasteiger partial charge on any atom is -0.507 e. The van der Waals surface area contributed by atoms with Crippen LogP contribution in [0, 0.1) is 11.8 Å². The molecule has 1 aromatic carbocycles. The fraction of sp³-hybridized carbons (Fsp3) is 0.533. The van der Waals surface area contributed by atoms with Gasteiger partial charge in [0.25, 0.3) is 5.91 Å². The molecule has 19 heavy (non-hydrogen) atoms. The largest absolute Gasteiger partial charge is 0.507 e. The lowest BCUT2D eigenvalue weighted by Crippen LogP contribution is -2.30. The molecule has 0 bridgehead atoms. The minimum atomic E-state index is -0.240. The summed E-state index contributed by atoms with van der Waals surface area (Å²) in [5, 5.41) is 12.6. The first kappa shape index (κ1) is 13.7. The summed E-state index contributed by atoms with van der Waals surface area (Å²) in [6.07, 6.45) is 3.66. The molecule has 2 unspecified atom stereocenters. The van der Waals surface area contributed by atoms with E-state index in [1.54, 1.807) is 12.1 Å². The number of nitrogens with one attached hydrogen (secondary N) is 1. The molecule has 1 fully saturated rings. The molecule has 0 saturated heterocycles. The van der Waals surface area contributed by atoms with Crippen molar-refractivity contribution < 1.29 is 14.6 Å². The molecule has 4 nitrogen and oxygen atoms in total. The number of ether oxygens (including phenoxy) is 1. The van der Waals surface area contributed by atoms with E-state index in [1.807, 2.05) is 0 Å². The number of methoxy groups -OCH3 is 1. The minimum absolute atomic E-state index is 0.0160. The standard InChI is InChI=1S/C15H21NO3/c1-10-4-3-5-11(10)9-16-15(18)13-8-12(19-2)6-7-14(13)17/h6-8,10-11,17H,3-5,9H2,1-2H3,(H,16,18). The number of carbonyl (C=O) groups is 1. The Morgan fingerprint density at radius 3 is 2.89 bits per heavy atom. The summed E-state index contributed by atoms with van der Waals surface area (Å²) in [6.45, 7) is 2.91. The van der Waals surface area contributed by atoms with E-state index in [1.165, 1.54) is 32.4 Å². The number of aromatic hydroxyl groups is 1. The summed E-state index contributed by atoms with van der Waals surface area (Å²) in [6, 6.07) is 4.67. The summed E-state index contributed by atoms with van der Waals surface area (Å²) in [7, 11) is 1.54. The molecule has 4 heteroatoms. The lowest BCUT2D eigenvalue weighted by atomic mass is 9.98. The van der Waals surface area contributed by atoms with E-state index < -0.39 is 0 Å². The van der Waals surface area contributed by atoms with Crippen molar-refractivity contribution in [1.29, 1.82) is 0 Å². The van der Waals surface area contributed by atoms with E-state index in [0.29, 0.717) is 24.1 Å². The van der Waals surface area contributed by atoms with Gasteiger partial charge in [-0.1, -0.05) is 19.8 Å². The molecule has 1 aliphatic rings. The number of phenols is 1. The smallest absolute Gasteiger partial charge is 0.255 e. The van der Waals surface area contributed by atoms with Gasteiger partial charge in [-0.2, -0.15) is 0 Å². The van der Waals surface area contributed by atoms with Crippen molar-refractivity contribution >= 4 is 5.91 Å². The van der Waals surface area contributed by atoms with Gasteiger partial charge in [-0.25, -0.2) is 0 Å². The van der Waals surface area contributed by atoms with Gasteiger partial charge in [-0.3, -0.25) is 4.79 Å². The highest BCUT2D eigenvalue weighted by atomic mass is 16.5. The SMILES string of the molecule is COc1ccc(O)c(C(=O)NCC2CCCC2C)c1. The van der Waals surface area contributed by atoms with Crippen LogP contribution in [-0.2, 0) is 0 Å². The van der Waals surface area contributed by atoms with E-state index in [4.69, 9.17) is 4.74 Å². The van der Waals surface area contributed by atoms with Crippen LogP contribution in [0.1, 0.15) is 36.5 Å². The molecule has 0 radical (unpaired) electrons. The Balaban J connectivity index is 1.99. The van der Waals surface area contributed by atoms with Gasteiger partial charge in [-0.05, 0) is 36.5 Å². The van der Waals surface area contributed by atoms with E-state index in [0.717, 1.165) is 0 Å². The molecule has 104 valence electrons. The zero-order valence-corrected chi connectivity index (χ0v) is 11.5. The third-order valence-electron chi connectivity index (χ3n) is 4.01. The Hall–Kier alpha value is -1.71. The maximum atomic E-state index is 12.1. The number of benzene rings is 1. The Morgan fingerprint density at radius 2 is 2.26 bits per heavy atom. The molecule has 0 spiro atoms. The van der Waals surface area contributed by atoms with Crippen LogP contribution >= 0.6 is 0 Å². The maximum absolute atomic E-state index is 12.1.